The number of alkyl halides is 1. The van der Waals surface area contributed by atoms with Crippen molar-refractivity contribution in [3.05, 3.63) is 40.9 Å². The second kappa shape index (κ2) is 6.41. The summed E-state index contributed by atoms with van der Waals surface area (Å²) in [6, 6.07) is 12.5. The van der Waals surface area contributed by atoms with Crippen molar-refractivity contribution in [1.29, 1.82) is 0 Å². The fourth-order valence-electron chi connectivity index (χ4n) is 1.67. The van der Waals surface area contributed by atoms with E-state index in [4.69, 9.17) is 4.74 Å². The van der Waals surface area contributed by atoms with Crippen LogP contribution in [0.3, 0.4) is 0 Å². The van der Waals surface area contributed by atoms with Crippen molar-refractivity contribution in [1.82, 2.24) is 0 Å². The Hall–Kier alpha value is -0.540. The number of benzene rings is 2. The minimum atomic E-state index is 0.785. The first-order valence-corrected chi connectivity index (χ1v) is 7.59. The van der Waals surface area contributed by atoms with Gasteiger partial charge in [-0.2, -0.15) is 0 Å². The summed E-state index contributed by atoms with van der Waals surface area (Å²) >= 11 is 6.89. The van der Waals surface area contributed by atoms with E-state index in [0.717, 1.165) is 35.0 Å². The van der Waals surface area contributed by atoms with Crippen LogP contribution in [0.4, 0.5) is 0 Å². The van der Waals surface area contributed by atoms with E-state index in [1.54, 1.807) is 0 Å². The Morgan fingerprint density at radius 1 is 0.941 bits per heavy atom. The Labute approximate surface area is 118 Å². The molecule has 90 valence electrons. The average molecular weight is 358 g/mol. The molecule has 2 rings (SSSR count). The molecule has 0 bridgehead atoms. The van der Waals surface area contributed by atoms with Gasteiger partial charge in [0.2, 0.25) is 0 Å². The zero-order chi connectivity index (χ0) is 12.1. The molecule has 0 unspecified atom stereocenters. The zero-order valence-electron chi connectivity index (χ0n) is 9.46. The second-order valence-corrected chi connectivity index (χ2v) is 5.61. The van der Waals surface area contributed by atoms with Crippen LogP contribution in [0.2, 0.25) is 0 Å². The number of rotatable bonds is 5. The van der Waals surface area contributed by atoms with Crippen LogP contribution in [0.15, 0.2) is 40.9 Å². The first-order chi connectivity index (χ1) is 8.29. The monoisotopic (exact) mass is 356 g/mol. The maximum atomic E-state index is 5.71. The second-order valence-electron chi connectivity index (χ2n) is 3.90. The fourth-order valence-corrected chi connectivity index (χ4v) is 2.45. The highest BCUT2D eigenvalue weighted by Gasteiger charge is 1.98. The van der Waals surface area contributed by atoms with Crippen molar-refractivity contribution >= 4 is 42.6 Å². The highest BCUT2D eigenvalue weighted by molar-refractivity contribution is 9.10. The quantitative estimate of drug-likeness (QED) is 0.530. The summed E-state index contributed by atoms with van der Waals surface area (Å²) in [5.41, 5.74) is 0. The Kier molecular flexibility index (Phi) is 4.86. The van der Waals surface area contributed by atoms with Crippen LogP contribution in [-0.4, -0.2) is 11.9 Å². The van der Waals surface area contributed by atoms with E-state index in [-0.39, 0.29) is 0 Å². The summed E-state index contributed by atoms with van der Waals surface area (Å²) in [5.74, 6) is 0.953. The molecule has 0 radical (unpaired) electrons. The summed E-state index contributed by atoms with van der Waals surface area (Å²) < 4.78 is 6.82. The highest BCUT2D eigenvalue weighted by atomic mass is 79.9. The number of halogens is 2. The normalized spacial score (nSPS) is 10.7. The van der Waals surface area contributed by atoms with E-state index in [1.807, 2.05) is 6.07 Å². The van der Waals surface area contributed by atoms with Crippen molar-refractivity contribution in [2.75, 3.05) is 11.9 Å². The Morgan fingerprint density at radius 2 is 1.71 bits per heavy atom. The van der Waals surface area contributed by atoms with E-state index in [1.165, 1.54) is 10.8 Å². The maximum absolute atomic E-state index is 5.71. The topological polar surface area (TPSA) is 9.23 Å². The van der Waals surface area contributed by atoms with Gasteiger partial charge in [-0.3, -0.25) is 0 Å². The molecule has 0 spiro atoms. The minimum absolute atomic E-state index is 0.785. The van der Waals surface area contributed by atoms with Gasteiger partial charge in [-0.15, -0.1) is 0 Å². The van der Waals surface area contributed by atoms with Crippen molar-refractivity contribution in [3.63, 3.8) is 0 Å². The van der Waals surface area contributed by atoms with Crippen molar-refractivity contribution in [3.8, 4) is 5.75 Å². The van der Waals surface area contributed by atoms with Crippen LogP contribution in [-0.2, 0) is 0 Å². The standard InChI is InChI=1S/C14H14Br2O/c15-7-1-2-8-17-14-6-4-11-9-13(16)5-3-12(11)10-14/h3-6,9-10H,1-2,7-8H2. The molecule has 0 saturated heterocycles. The predicted octanol–water partition coefficient (Wildman–Crippen LogP) is 5.16. The molecule has 1 nitrogen and oxygen atoms in total. The van der Waals surface area contributed by atoms with Crippen LogP contribution in [0.1, 0.15) is 12.8 Å². The average Bonchev–Trinajstić information content (AvgIpc) is 2.35. The molecule has 2 aromatic rings. The highest BCUT2D eigenvalue weighted by Crippen LogP contribution is 2.24. The first-order valence-electron chi connectivity index (χ1n) is 5.68. The van der Waals surface area contributed by atoms with E-state index in [2.05, 4.69) is 62.2 Å². The van der Waals surface area contributed by atoms with Crippen molar-refractivity contribution in [2.24, 2.45) is 0 Å². The summed E-state index contributed by atoms with van der Waals surface area (Å²) in [4.78, 5) is 0. The van der Waals surface area contributed by atoms with Gasteiger partial charge in [-0.1, -0.05) is 44.0 Å². The lowest BCUT2D eigenvalue weighted by molar-refractivity contribution is 0.310. The number of unbranched alkanes of at least 4 members (excludes halogenated alkanes) is 1. The van der Waals surface area contributed by atoms with Gasteiger partial charge in [-0.05, 0) is 47.9 Å². The predicted molar refractivity (Wildman–Crippen MR) is 80.2 cm³/mol. The summed E-state index contributed by atoms with van der Waals surface area (Å²) in [6.07, 6.45) is 2.24. The first kappa shape index (κ1) is 12.9. The van der Waals surface area contributed by atoms with Gasteiger partial charge in [0.15, 0.2) is 0 Å². The number of fused-ring (bicyclic) bond motifs is 1. The Morgan fingerprint density at radius 3 is 2.53 bits per heavy atom. The van der Waals surface area contributed by atoms with Gasteiger partial charge in [-0.25, -0.2) is 0 Å². The van der Waals surface area contributed by atoms with E-state index in [9.17, 15) is 0 Å². The van der Waals surface area contributed by atoms with Crippen molar-refractivity contribution < 1.29 is 4.74 Å². The van der Waals surface area contributed by atoms with E-state index in [0.29, 0.717) is 0 Å². The number of ether oxygens (including phenoxy) is 1. The van der Waals surface area contributed by atoms with Crippen LogP contribution in [0.25, 0.3) is 10.8 Å². The smallest absolute Gasteiger partial charge is 0.119 e. The molecule has 0 saturated carbocycles. The van der Waals surface area contributed by atoms with Gasteiger partial charge in [0.25, 0.3) is 0 Å². The summed E-state index contributed by atoms with van der Waals surface area (Å²) in [5, 5.41) is 3.49. The molecule has 17 heavy (non-hydrogen) atoms. The summed E-state index contributed by atoms with van der Waals surface area (Å²) in [7, 11) is 0. The van der Waals surface area contributed by atoms with Gasteiger partial charge in [0.05, 0.1) is 6.61 Å². The SMILES string of the molecule is BrCCCCOc1ccc2cc(Br)ccc2c1. The van der Waals surface area contributed by atoms with Gasteiger partial charge >= 0.3 is 0 Å². The third kappa shape index (κ3) is 3.71. The molecule has 0 fully saturated rings. The van der Waals surface area contributed by atoms with E-state index >= 15 is 0 Å². The fraction of sp³-hybridized carbons (Fsp3) is 0.286. The van der Waals surface area contributed by atoms with E-state index < -0.39 is 0 Å². The van der Waals surface area contributed by atoms with Crippen LogP contribution < -0.4 is 4.74 Å². The third-order valence-electron chi connectivity index (χ3n) is 2.57. The van der Waals surface area contributed by atoms with Gasteiger partial charge in [0.1, 0.15) is 5.75 Å². The molecule has 0 aliphatic heterocycles. The molecule has 0 aromatic heterocycles. The van der Waals surface area contributed by atoms with Crippen LogP contribution in [0.5, 0.6) is 5.75 Å². The molecule has 0 N–H and O–H groups in total. The molecule has 0 aliphatic carbocycles. The molecular weight excluding hydrogens is 344 g/mol. The molecule has 0 atom stereocenters. The van der Waals surface area contributed by atoms with Gasteiger partial charge < -0.3 is 4.74 Å². The Balaban J connectivity index is 2.07. The third-order valence-corrected chi connectivity index (χ3v) is 3.62. The zero-order valence-corrected chi connectivity index (χ0v) is 12.6. The lowest BCUT2D eigenvalue weighted by atomic mass is 10.1. The lowest BCUT2D eigenvalue weighted by Crippen LogP contribution is -1.97. The molecular formula is C14H14Br2O. The molecule has 0 amide bonds. The van der Waals surface area contributed by atoms with Gasteiger partial charge in [0, 0.05) is 9.80 Å². The minimum Gasteiger partial charge on any atom is -0.494 e. The lowest BCUT2D eigenvalue weighted by Gasteiger charge is -2.07. The maximum Gasteiger partial charge on any atom is 0.119 e. The van der Waals surface area contributed by atoms with Crippen molar-refractivity contribution in [2.45, 2.75) is 12.8 Å². The number of hydrogen-bond donors (Lipinski definition) is 0. The molecule has 3 heteroatoms. The molecule has 2 aromatic carbocycles. The Bertz CT molecular complexity index is 497. The van der Waals surface area contributed by atoms with Crippen LogP contribution in [0, 0.1) is 0 Å². The molecule has 0 heterocycles. The van der Waals surface area contributed by atoms with Crippen LogP contribution >= 0.6 is 31.9 Å². The molecule has 0 aliphatic rings. The summed E-state index contributed by atoms with van der Waals surface area (Å²) in [6.45, 7) is 0.785. The largest absolute Gasteiger partial charge is 0.494 e. The number of hydrogen-bond acceptors (Lipinski definition) is 1.